The van der Waals surface area contributed by atoms with Crippen molar-refractivity contribution in [1.29, 1.82) is 0 Å². The summed E-state index contributed by atoms with van der Waals surface area (Å²) in [5, 5.41) is 1.00. The highest BCUT2D eigenvalue weighted by atomic mass is 32.1. The summed E-state index contributed by atoms with van der Waals surface area (Å²) in [5.41, 5.74) is 4.24. The van der Waals surface area contributed by atoms with Crippen molar-refractivity contribution in [2.75, 3.05) is 7.11 Å². The predicted octanol–water partition coefficient (Wildman–Crippen LogP) is 5.55. The van der Waals surface area contributed by atoms with Crippen LogP contribution >= 0.6 is 11.3 Å². The Labute approximate surface area is 150 Å². The van der Waals surface area contributed by atoms with Crippen LogP contribution in [0, 0.1) is 0 Å². The fraction of sp³-hybridized carbons (Fsp3) is 0.0476. The molecule has 3 nitrogen and oxygen atoms in total. The average molecular weight is 344 g/mol. The van der Waals surface area contributed by atoms with Gasteiger partial charge in [0.05, 0.1) is 17.7 Å². The Morgan fingerprint density at radius 3 is 2.24 bits per heavy atom. The van der Waals surface area contributed by atoms with Gasteiger partial charge in [-0.2, -0.15) is 0 Å². The summed E-state index contributed by atoms with van der Waals surface area (Å²) in [6.07, 6.45) is 3.67. The van der Waals surface area contributed by atoms with Crippen LogP contribution < -0.4 is 4.74 Å². The molecule has 0 bridgehead atoms. The molecule has 0 fully saturated rings. The van der Waals surface area contributed by atoms with Crippen molar-refractivity contribution in [3.63, 3.8) is 0 Å². The molecule has 0 saturated heterocycles. The first-order valence-electron chi connectivity index (χ1n) is 7.96. The van der Waals surface area contributed by atoms with Gasteiger partial charge in [-0.3, -0.25) is 4.98 Å². The van der Waals surface area contributed by atoms with E-state index in [2.05, 4.69) is 23.2 Å². The van der Waals surface area contributed by atoms with Gasteiger partial charge in [-0.25, -0.2) is 4.98 Å². The second kappa shape index (κ2) is 6.87. The van der Waals surface area contributed by atoms with Crippen LogP contribution in [0.15, 0.2) is 79.1 Å². The van der Waals surface area contributed by atoms with E-state index in [0.29, 0.717) is 0 Å². The van der Waals surface area contributed by atoms with Crippen molar-refractivity contribution in [2.45, 2.75) is 0 Å². The first kappa shape index (κ1) is 15.5. The molecule has 0 atom stereocenters. The van der Waals surface area contributed by atoms with E-state index in [1.807, 2.05) is 54.7 Å². The van der Waals surface area contributed by atoms with Crippen LogP contribution in [0.3, 0.4) is 0 Å². The van der Waals surface area contributed by atoms with Gasteiger partial charge in [0.2, 0.25) is 0 Å². The van der Waals surface area contributed by atoms with Crippen molar-refractivity contribution in [3.05, 3.63) is 79.1 Å². The number of ether oxygens (including phenoxy) is 1. The molecule has 0 saturated carbocycles. The van der Waals surface area contributed by atoms with Gasteiger partial charge in [0.1, 0.15) is 10.8 Å². The Morgan fingerprint density at radius 1 is 0.800 bits per heavy atom. The smallest absolute Gasteiger partial charge is 0.124 e. The molecule has 122 valence electrons. The van der Waals surface area contributed by atoms with E-state index in [9.17, 15) is 0 Å². The lowest BCUT2D eigenvalue weighted by atomic mass is 10.1. The van der Waals surface area contributed by atoms with Gasteiger partial charge in [0.15, 0.2) is 0 Å². The molecule has 0 N–H and O–H groups in total. The SMILES string of the molecule is COc1ccc(-c2nc(-c3ccccc3)sc2-c2cccnc2)cc1. The number of aromatic nitrogens is 2. The van der Waals surface area contributed by atoms with Crippen LogP contribution in [0.4, 0.5) is 0 Å². The van der Waals surface area contributed by atoms with Crippen LogP contribution in [0.2, 0.25) is 0 Å². The molecule has 2 heterocycles. The monoisotopic (exact) mass is 344 g/mol. The summed E-state index contributed by atoms with van der Waals surface area (Å²) in [6, 6.07) is 22.3. The minimum atomic E-state index is 0.838. The topological polar surface area (TPSA) is 35.0 Å². The highest BCUT2D eigenvalue weighted by Crippen LogP contribution is 2.40. The maximum absolute atomic E-state index is 5.27. The number of methoxy groups -OCH3 is 1. The first-order valence-corrected chi connectivity index (χ1v) is 8.78. The van der Waals surface area contributed by atoms with E-state index < -0.39 is 0 Å². The number of benzene rings is 2. The molecule has 4 aromatic rings. The van der Waals surface area contributed by atoms with E-state index in [1.54, 1.807) is 24.6 Å². The molecule has 4 heteroatoms. The minimum absolute atomic E-state index is 0.838. The Bertz CT molecular complexity index is 964. The second-order valence-corrected chi connectivity index (χ2v) is 6.53. The molecule has 4 rings (SSSR count). The summed E-state index contributed by atoms with van der Waals surface area (Å²) in [6.45, 7) is 0. The third kappa shape index (κ3) is 3.16. The number of thiazole rings is 1. The van der Waals surface area contributed by atoms with E-state index in [0.717, 1.165) is 38.0 Å². The standard InChI is InChI=1S/C21H16N2OS/c1-24-18-11-9-15(10-12-18)19-20(17-8-5-13-22-14-17)25-21(23-19)16-6-3-2-4-7-16/h2-14H,1H3. The molecule has 2 aromatic carbocycles. The lowest BCUT2D eigenvalue weighted by Crippen LogP contribution is -1.85. The van der Waals surface area contributed by atoms with Gasteiger partial charge >= 0.3 is 0 Å². The van der Waals surface area contributed by atoms with Gasteiger partial charge in [-0.1, -0.05) is 36.4 Å². The van der Waals surface area contributed by atoms with Crippen LogP contribution in [0.5, 0.6) is 5.75 Å². The summed E-state index contributed by atoms with van der Waals surface area (Å²) in [5.74, 6) is 0.838. The molecule has 0 aliphatic carbocycles. The Balaban J connectivity index is 1.87. The fourth-order valence-corrected chi connectivity index (χ4v) is 3.74. The highest BCUT2D eigenvalue weighted by Gasteiger charge is 2.16. The largest absolute Gasteiger partial charge is 0.497 e. The molecule has 0 amide bonds. The molecule has 0 aliphatic rings. The van der Waals surface area contributed by atoms with Gasteiger partial charge in [0, 0.05) is 29.1 Å². The third-order valence-electron chi connectivity index (χ3n) is 3.94. The molecule has 0 aliphatic heterocycles. The highest BCUT2D eigenvalue weighted by molar-refractivity contribution is 7.19. The summed E-state index contributed by atoms with van der Waals surface area (Å²) >= 11 is 1.69. The van der Waals surface area contributed by atoms with Crippen molar-refractivity contribution in [3.8, 4) is 38.0 Å². The number of nitrogens with zero attached hydrogens (tertiary/aromatic N) is 2. The summed E-state index contributed by atoms with van der Waals surface area (Å²) in [4.78, 5) is 10.3. The van der Waals surface area contributed by atoms with Crippen molar-refractivity contribution < 1.29 is 4.74 Å². The fourth-order valence-electron chi connectivity index (χ4n) is 2.66. The van der Waals surface area contributed by atoms with Crippen molar-refractivity contribution >= 4 is 11.3 Å². The number of hydrogen-bond donors (Lipinski definition) is 0. The lowest BCUT2D eigenvalue weighted by Gasteiger charge is -2.04. The van der Waals surface area contributed by atoms with Crippen LogP contribution in [0.1, 0.15) is 0 Å². The molecule has 2 aromatic heterocycles. The third-order valence-corrected chi connectivity index (χ3v) is 5.09. The quantitative estimate of drug-likeness (QED) is 0.487. The van der Waals surface area contributed by atoms with Gasteiger partial charge < -0.3 is 4.74 Å². The number of hydrogen-bond acceptors (Lipinski definition) is 4. The molecular weight excluding hydrogens is 328 g/mol. The Morgan fingerprint density at radius 2 is 1.56 bits per heavy atom. The summed E-state index contributed by atoms with van der Waals surface area (Å²) in [7, 11) is 1.67. The first-order chi connectivity index (χ1) is 12.3. The van der Waals surface area contributed by atoms with E-state index in [-0.39, 0.29) is 0 Å². The van der Waals surface area contributed by atoms with Gasteiger partial charge in [-0.15, -0.1) is 11.3 Å². The van der Waals surface area contributed by atoms with Crippen molar-refractivity contribution in [1.82, 2.24) is 9.97 Å². The number of rotatable bonds is 4. The Kier molecular flexibility index (Phi) is 4.27. The predicted molar refractivity (Wildman–Crippen MR) is 103 cm³/mol. The zero-order chi connectivity index (χ0) is 17.1. The van der Waals surface area contributed by atoms with E-state index >= 15 is 0 Å². The normalized spacial score (nSPS) is 10.6. The van der Waals surface area contributed by atoms with Gasteiger partial charge in [-0.05, 0) is 30.3 Å². The maximum atomic E-state index is 5.27. The second-order valence-electron chi connectivity index (χ2n) is 5.53. The number of pyridine rings is 1. The lowest BCUT2D eigenvalue weighted by molar-refractivity contribution is 0.415. The zero-order valence-corrected chi connectivity index (χ0v) is 14.5. The zero-order valence-electron chi connectivity index (χ0n) is 13.7. The van der Waals surface area contributed by atoms with Crippen LogP contribution in [-0.2, 0) is 0 Å². The molecule has 0 unspecified atom stereocenters. The molecule has 0 radical (unpaired) electrons. The van der Waals surface area contributed by atoms with Crippen LogP contribution in [0.25, 0.3) is 32.3 Å². The maximum Gasteiger partial charge on any atom is 0.124 e. The van der Waals surface area contributed by atoms with E-state index in [4.69, 9.17) is 9.72 Å². The van der Waals surface area contributed by atoms with Gasteiger partial charge in [0.25, 0.3) is 0 Å². The molecule has 0 spiro atoms. The Hall–Kier alpha value is -2.98. The van der Waals surface area contributed by atoms with E-state index in [1.165, 1.54) is 0 Å². The minimum Gasteiger partial charge on any atom is -0.497 e. The molecular formula is C21H16N2OS. The van der Waals surface area contributed by atoms with Crippen molar-refractivity contribution in [2.24, 2.45) is 0 Å². The summed E-state index contributed by atoms with van der Waals surface area (Å²) < 4.78 is 5.27. The van der Waals surface area contributed by atoms with Crippen LogP contribution in [-0.4, -0.2) is 17.1 Å². The molecule has 25 heavy (non-hydrogen) atoms. The average Bonchev–Trinajstić information content (AvgIpc) is 3.15.